The number of hydrogen-bond acceptors (Lipinski definition) is 1. The predicted molar refractivity (Wildman–Crippen MR) is 84.6 cm³/mol. The average molecular weight is 267 g/mol. The number of amides is 1. The van der Waals surface area contributed by atoms with Gasteiger partial charge in [0, 0.05) is 11.6 Å². The number of nitrogens with one attached hydrogen (secondary N) is 1. The number of benzene rings is 2. The quantitative estimate of drug-likeness (QED) is 0.833. The highest BCUT2D eigenvalue weighted by Gasteiger charge is 2.13. The van der Waals surface area contributed by atoms with Crippen molar-refractivity contribution in [3.05, 3.63) is 54.6 Å². The van der Waals surface area contributed by atoms with Gasteiger partial charge < -0.3 is 5.32 Å². The van der Waals surface area contributed by atoms with Gasteiger partial charge in [-0.3, -0.25) is 4.79 Å². The van der Waals surface area contributed by atoms with Gasteiger partial charge in [-0.15, -0.1) is 0 Å². The van der Waals surface area contributed by atoms with E-state index >= 15 is 0 Å². The minimum atomic E-state index is 0.101. The smallest absolute Gasteiger partial charge is 0.227 e. The van der Waals surface area contributed by atoms with Crippen LogP contribution in [-0.4, -0.2) is 5.91 Å². The van der Waals surface area contributed by atoms with Gasteiger partial charge in [-0.05, 0) is 36.1 Å². The van der Waals surface area contributed by atoms with Crippen molar-refractivity contribution in [3.8, 4) is 11.1 Å². The molecule has 0 aliphatic carbocycles. The fourth-order valence-corrected chi connectivity index (χ4v) is 2.28. The maximum Gasteiger partial charge on any atom is 0.227 e. The summed E-state index contributed by atoms with van der Waals surface area (Å²) >= 11 is 0. The van der Waals surface area contributed by atoms with Crippen LogP contribution >= 0.6 is 0 Å². The van der Waals surface area contributed by atoms with Gasteiger partial charge in [0.2, 0.25) is 5.91 Å². The van der Waals surface area contributed by atoms with Crippen LogP contribution in [0.3, 0.4) is 0 Å². The second kappa shape index (κ2) is 6.90. The van der Waals surface area contributed by atoms with E-state index < -0.39 is 0 Å². The summed E-state index contributed by atoms with van der Waals surface area (Å²) in [5.41, 5.74) is 3.21. The lowest BCUT2D eigenvalue weighted by atomic mass is 10.0. The van der Waals surface area contributed by atoms with E-state index in [0.29, 0.717) is 0 Å². The summed E-state index contributed by atoms with van der Waals surface area (Å²) < 4.78 is 0. The van der Waals surface area contributed by atoms with Crippen molar-refractivity contribution in [1.82, 2.24) is 0 Å². The first-order chi connectivity index (χ1) is 9.74. The van der Waals surface area contributed by atoms with Gasteiger partial charge >= 0.3 is 0 Å². The van der Waals surface area contributed by atoms with Crippen molar-refractivity contribution in [3.63, 3.8) is 0 Å². The number of rotatable bonds is 5. The van der Waals surface area contributed by atoms with E-state index in [1.165, 1.54) is 5.56 Å². The van der Waals surface area contributed by atoms with Crippen LogP contribution in [0.5, 0.6) is 0 Å². The Labute approximate surface area is 120 Å². The Morgan fingerprint density at radius 1 is 0.900 bits per heavy atom. The van der Waals surface area contributed by atoms with Crippen LogP contribution in [0, 0.1) is 5.92 Å². The molecule has 0 atom stereocenters. The molecule has 2 aromatic rings. The second-order valence-corrected chi connectivity index (χ2v) is 4.95. The van der Waals surface area contributed by atoms with Crippen LogP contribution in [-0.2, 0) is 4.79 Å². The number of carbonyl (C=O) groups excluding carboxylic acids is 1. The topological polar surface area (TPSA) is 29.1 Å². The molecule has 0 aliphatic rings. The normalized spacial score (nSPS) is 10.6. The third kappa shape index (κ3) is 3.47. The van der Waals surface area contributed by atoms with Crippen molar-refractivity contribution in [1.29, 1.82) is 0 Å². The molecule has 1 amide bonds. The van der Waals surface area contributed by atoms with Crippen molar-refractivity contribution >= 4 is 11.6 Å². The van der Waals surface area contributed by atoms with Crippen molar-refractivity contribution < 1.29 is 4.79 Å². The fourth-order valence-electron chi connectivity index (χ4n) is 2.28. The van der Waals surface area contributed by atoms with Gasteiger partial charge in [0.1, 0.15) is 0 Å². The van der Waals surface area contributed by atoms with E-state index in [9.17, 15) is 4.79 Å². The first-order valence-electron chi connectivity index (χ1n) is 7.21. The maximum atomic E-state index is 12.0. The van der Waals surface area contributed by atoms with Crippen LogP contribution in [0.4, 0.5) is 5.69 Å². The standard InChI is InChI=1S/C18H21NO/c1-3-14(4-2)18(20)19-17-12-10-16(11-13-17)15-8-6-5-7-9-15/h5-14H,3-4H2,1-2H3,(H,19,20). The van der Waals surface area contributed by atoms with E-state index in [0.717, 1.165) is 24.1 Å². The van der Waals surface area contributed by atoms with E-state index in [-0.39, 0.29) is 11.8 Å². The SMILES string of the molecule is CCC(CC)C(=O)Nc1ccc(-c2ccccc2)cc1. The van der Waals surface area contributed by atoms with Gasteiger partial charge in [-0.25, -0.2) is 0 Å². The van der Waals surface area contributed by atoms with Crippen LogP contribution in [0.15, 0.2) is 54.6 Å². The molecule has 0 saturated heterocycles. The number of anilines is 1. The lowest BCUT2D eigenvalue weighted by molar-refractivity contribution is -0.120. The van der Waals surface area contributed by atoms with E-state index in [4.69, 9.17) is 0 Å². The van der Waals surface area contributed by atoms with Crippen molar-refractivity contribution in [2.75, 3.05) is 5.32 Å². The number of hydrogen-bond donors (Lipinski definition) is 1. The molecule has 20 heavy (non-hydrogen) atoms. The molecule has 2 heteroatoms. The van der Waals surface area contributed by atoms with E-state index in [1.54, 1.807) is 0 Å². The Morgan fingerprint density at radius 2 is 1.45 bits per heavy atom. The minimum Gasteiger partial charge on any atom is -0.326 e. The van der Waals surface area contributed by atoms with Crippen molar-refractivity contribution in [2.45, 2.75) is 26.7 Å². The highest BCUT2D eigenvalue weighted by Crippen LogP contribution is 2.21. The molecule has 0 spiro atoms. The summed E-state index contributed by atoms with van der Waals surface area (Å²) in [6.07, 6.45) is 1.76. The summed E-state index contributed by atoms with van der Waals surface area (Å²) in [5, 5.41) is 2.98. The molecule has 0 bridgehead atoms. The zero-order valence-corrected chi connectivity index (χ0v) is 12.1. The zero-order chi connectivity index (χ0) is 14.4. The summed E-state index contributed by atoms with van der Waals surface area (Å²) in [4.78, 5) is 12.0. The predicted octanol–water partition coefficient (Wildman–Crippen LogP) is 4.73. The van der Waals surface area contributed by atoms with Crippen LogP contribution in [0.2, 0.25) is 0 Å². The molecule has 0 saturated carbocycles. The molecule has 2 nitrogen and oxygen atoms in total. The largest absolute Gasteiger partial charge is 0.326 e. The average Bonchev–Trinajstić information content (AvgIpc) is 2.50. The zero-order valence-electron chi connectivity index (χ0n) is 12.1. The minimum absolute atomic E-state index is 0.101. The van der Waals surface area contributed by atoms with E-state index in [2.05, 4.69) is 17.4 Å². The molecule has 2 aromatic carbocycles. The van der Waals surface area contributed by atoms with Gasteiger partial charge in [0.25, 0.3) is 0 Å². The van der Waals surface area contributed by atoms with Crippen LogP contribution < -0.4 is 5.32 Å². The molecular formula is C18H21NO. The van der Waals surface area contributed by atoms with Gasteiger partial charge in [-0.2, -0.15) is 0 Å². The van der Waals surface area contributed by atoms with Gasteiger partial charge in [-0.1, -0.05) is 56.3 Å². The first-order valence-corrected chi connectivity index (χ1v) is 7.21. The van der Waals surface area contributed by atoms with E-state index in [1.807, 2.05) is 56.3 Å². The number of carbonyl (C=O) groups is 1. The lowest BCUT2D eigenvalue weighted by Gasteiger charge is -2.13. The van der Waals surface area contributed by atoms with Gasteiger partial charge in [0.15, 0.2) is 0 Å². The summed E-state index contributed by atoms with van der Waals surface area (Å²) in [6.45, 7) is 4.10. The Balaban J connectivity index is 2.07. The van der Waals surface area contributed by atoms with Crippen LogP contribution in [0.1, 0.15) is 26.7 Å². The lowest BCUT2D eigenvalue weighted by Crippen LogP contribution is -2.21. The molecule has 0 aliphatic heterocycles. The third-order valence-electron chi connectivity index (χ3n) is 3.62. The second-order valence-electron chi connectivity index (χ2n) is 4.95. The Morgan fingerprint density at radius 3 is 2.00 bits per heavy atom. The molecular weight excluding hydrogens is 246 g/mol. The summed E-state index contributed by atoms with van der Waals surface area (Å²) in [6, 6.07) is 18.2. The molecule has 1 N–H and O–H groups in total. The Hall–Kier alpha value is -2.09. The molecule has 104 valence electrons. The van der Waals surface area contributed by atoms with Gasteiger partial charge in [0.05, 0.1) is 0 Å². The highest BCUT2D eigenvalue weighted by atomic mass is 16.1. The first kappa shape index (κ1) is 14.3. The molecule has 2 rings (SSSR count). The van der Waals surface area contributed by atoms with Crippen LogP contribution in [0.25, 0.3) is 11.1 Å². The molecule has 0 radical (unpaired) electrons. The summed E-state index contributed by atoms with van der Waals surface area (Å²) in [5.74, 6) is 0.214. The van der Waals surface area contributed by atoms with Crippen molar-refractivity contribution in [2.24, 2.45) is 5.92 Å². The fraction of sp³-hybridized carbons (Fsp3) is 0.278. The monoisotopic (exact) mass is 267 g/mol. The molecule has 0 fully saturated rings. The maximum absolute atomic E-state index is 12.0. The third-order valence-corrected chi connectivity index (χ3v) is 3.62. The summed E-state index contributed by atoms with van der Waals surface area (Å²) in [7, 11) is 0. The Bertz CT molecular complexity index is 541. The Kier molecular flexibility index (Phi) is 4.94. The highest BCUT2D eigenvalue weighted by molar-refractivity contribution is 5.92. The molecule has 0 unspecified atom stereocenters. The molecule has 0 heterocycles. The molecule has 0 aromatic heterocycles.